The number of carbonyl (C=O) groups is 2. The van der Waals surface area contributed by atoms with Gasteiger partial charge in [-0.05, 0) is 44.0 Å². The van der Waals surface area contributed by atoms with E-state index in [4.69, 9.17) is 5.11 Å². The van der Waals surface area contributed by atoms with Crippen LogP contribution >= 0.6 is 0 Å². The van der Waals surface area contributed by atoms with Crippen molar-refractivity contribution in [1.82, 2.24) is 4.90 Å². The van der Waals surface area contributed by atoms with E-state index in [2.05, 4.69) is 0 Å². The molecular formula is C13H16FNO3. The molecule has 1 aromatic carbocycles. The molecule has 0 aliphatic carbocycles. The number of halogens is 1. The molecule has 0 fully saturated rings. The van der Waals surface area contributed by atoms with E-state index in [0.29, 0.717) is 16.7 Å². The number of benzene rings is 1. The first kappa shape index (κ1) is 14.2. The number of rotatable bonds is 3. The molecule has 0 aromatic heterocycles. The molecule has 98 valence electrons. The summed E-state index contributed by atoms with van der Waals surface area (Å²) < 4.78 is 13.4. The molecule has 0 radical (unpaired) electrons. The molecule has 1 amide bonds. The maximum atomic E-state index is 13.4. The van der Waals surface area contributed by atoms with Crippen LogP contribution in [0.5, 0.6) is 0 Å². The molecule has 0 spiro atoms. The highest BCUT2D eigenvalue weighted by Crippen LogP contribution is 2.16. The summed E-state index contributed by atoms with van der Waals surface area (Å²) in [6, 6.07) is 1.93. The van der Waals surface area contributed by atoms with Crippen LogP contribution < -0.4 is 0 Å². The number of hydrogen-bond acceptors (Lipinski definition) is 2. The lowest BCUT2D eigenvalue weighted by molar-refractivity contribution is -0.141. The van der Waals surface area contributed by atoms with Crippen molar-refractivity contribution in [2.24, 2.45) is 0 Å². The SMILES string of the molecule is Cc1cc(C(=O)N(C)C(C)C(=O)O)cc(C)c1F. The lowest BCUT2D eigenvalue weighted by atomic mass is 10.1. The summed E-state index contributed by atoms with van der Waals surface area (Å²) in [5.41, 5.74) is 1.03. The van der Waals surface area contributed by atoms with Gasteiger partial charge < -0.3 is 10.0 Å². The smallest absolute Gasteiger partial charge is 0.326 e. The molecule has 0 saturated carbocycles. The summed E-state index contributed by atoms with van der Waals surface area (Å²) >= 11 is 0. The summed E-state index contributed by atoms with van der Waals surface area (Å²) in [6.45, 7) is 4.56. The van der Waals surface area contributed by atoms with Gasteiger partial charge in [-0.1, -0.05) is 0 Å². The van der Waals surface area contributed by atoms with Gasteiger partial charge >= 0.3 is 5.97 Å². The van der Waals surface area contributed by atoms with Crippen LogP contribution in [0, 0.1) is 19.7 Å². The van der Waals surface area contributed by atoms with Crippen LogP contribution in [-0.4, -0.2) is 35.0 Å². The Labute approximate surface area is 105 Å². The van der Waals surface area contributed by atoms with Crippen LogP contribution in [0.1, 0.15) is 28.4 Å². The Balaban J connectivity index is 3.08. The molecule has 5 heteroatoms. The molecule has 0 heterocycles. The highest BCUT2D eigenvalue weighted by molar-refractivity contribution is 5.96. The van der Waals surface area contributed by atoms with Crippen LogP contribution in [0.2, 0.25) is 0 Å². The second kappa shape index (κ2) is 5.16. The van der Waals surface area contributed by atoms with E-state index in [0.717, 1.165) is 4.90 Å². The van der Waals surface area contributed by atoms with E-state index in [-0.39, 0.29) is 5.82 Å². The number of carboxylic acid groups (broad SMARTS) is 1. The topological polar surface area (TPSA) is 57.6 Å². The summed E-state index contributed by atoms with van der Waals surface area (Å²) in [7, 11) is 1.41. The van der Waals surface area contributed by atoms with Crippen molar-refractivity contribution in [3.63, 3.8) is 0 Å². The Bertz CT molecular complexity index is 476. The van der Waals surface area contributed by atoms with E-state index >= 15 is 0 Å². The maximum absolute atomic E-state index is 13.4. The van der Waals surface area contributed by atoms with Crippen molar-refractivity contribution in [2.75, 3.05) is 7.05 Å². The fourth-order valence-electron chi connectivity index (χ4n) is 1.61. The van der Waals surface area contributed by atoms with Crippen molar-refractivity contribution in [3.05, 3.63) is 34.6 Å². The summed E-state index contributed by atoms with van der Waals surface area (Å²) in [5.74, 6) is -1.86. The van der Waals surface area contributed by atoms with Gasteiger partial charge in [0.05, 0.1) is 0 Å². The van der Waals surface area contributed by atoms with Crippen molar-refractivity contribution >= 4 is 11.9 Å². The van der Waals surface area contributed by atoms with Gasteiger partial charge in [-0.3, -0.25) is 4.79 Å². The van der Waals surface area contributed by atoms with Crippen LogP contribution in [0.3, 0.4) is 0 Å². The molecule has 1 unspecified atom stereocenters. The fraction of sp³-hybridized carbons (Fsp3) is 0.385. The van der Waals surface area contributed by atoms with Gasteiger partial charge in [-0.2, -0.15) is 0 Å². The predicted octanol–water partition coefficient (Wildman–Crippen LogP) is 1.99. The average Bonchev–Trinajstić information content (AvgIpc) is 2.32. The Morgan fingerprint density at radius 3 is 2.11 bits per heavy atom. The molecule has 0 aliphatic rings. The number of likely N-dealkylation sites (N-methyl/N-ethyl adjacent to an activating group) is 1. The molecular weight excluding hydrogens is 237 g/mol. The first-order chi connectivity index (χ1) is 8.25. The lowest BCUT2D eigenvalue weighted by Crippen LogP contribution is -2.40. The number of carboxylic acids is 1. The number of aliphatic carboxylic acids is 1. The van der Waals surface area contributed by atoms with Crippen LogP contribution in [0.25, 0.3) is 0 Å². The van der Waals surface area contributed by atoms with E-state index in [9.17, 15) is 14.0 Å². The van der Waals surface area contributed by atoms with Gasteiger partial charge in [0.2, 0.25) is 0 Å². The van der Waals surface area contributed by atoms with Gasteiger partial charge in [0.15, 0.2) is 0 Å². The van der Waals surface area contributed by atoms with E-state index in [1.54, 1.807) is 13.8 Å². The normalized spacial score (nSPS) is 12.1. The third kappa shape index (κ3) is 2.67. The summed E-state index contributed by atoms with van der Waals surface area (Å²) in [5, 5.41) is 8.85. The number of carbonyl (C=O) groups excluding carboxylic acids is 1. The van der Waals surface area contributed by atoms with E-state index in [1.807, 2.05) is 0 Å². The van der Waals surface area contributed by atoms with Crippen molar-refractivity contribution in [2.45, 2.75) is 26.8 Å². The Morgan fingerprint density at radius 1 is 1.28 bits per heavy atom. The first-order valence-electron chi connectivity index (χ1n) is 5.52. The summed E-state index contributed by atoms with van der Waals surface area (Å²) in [6.07, 6.45) is 0. The van der Waals surface area contributed by atoms with Crippen molar-refractivity contribution in [3.8, 4) is 0 Å². The molecule has 1 aromatic rings. The molecule has 1 N–H and O–H groups in total. The molecule has 1 rings (SSSR count). The number of nitrogens with zero attached hydrogens (tertiary/aromatic N) is 1. The molecule has 0 bridgehead atoms. The minimum atomic E-state index is -1.08. The molecule has 1 atom stereocenters. The lowest BCUT2D eigenvalue weighted by Gasteiger charge is -2.22. The highest BCUT2D eigenvalue weighted by atomic mass is 19.1. The van der Waals surface area contributed by atoms with Gasteiger partial charge in [-0.25, -0.2) is 9.18 Å². The summed E-state index contributed by atoms with van der Waals surface area (Å²) in [4.78, 5) is 24.0. The second-order valence-corrected chi connectivity index (χ2v) is 4.35. The van der Waals surface area contributed by atoms with E-state index in [1.165, 1.54) is 26.1 Å². The van der Waals surface area contributed by atoms with Crippen molar-refractivity contribution in [1.29, 1.82) is 0 Å². The second-order valence-electron chi connectivity index (χ2n) is 4.35. The Morgan fingerprint density at radius 2 is 1.72 bits per heavy atom. The largest absolute Gasteiger partial charge is 0.480 e. The Kier molecular flexibility index (Phi) is 4.06. The zero-order chi connectivity index (χ0) is 14.0. The molecule has 18 heavy (non-hydrogen) atoms. The fourth-order valence-corrected chi connectivity index (χ4v) is 1.61. The molecule has 0 aliphatic heterocycles. The predicted molar refractivity (Wildman–Crippen MR) is 65.1 cm³/mol. The minimum absolute atomic E-state index is 0.294. The zero-order valence-corrected chi connectivity index (χ0v) is 10.8. The van der Waals surface area contributed by atoms with Gasteiger partial charge in [0.25, 0.3) is 5.91 Å². The molecule has 0 saturated heterocycles. The monoisotopic (exact) mass is 253 g/mol. The minimum Gasteiger partial charge on any atom is -0.480 e. The first-order valence-corrected chi connectivity index (χ1v) is 5.52. The third-order valence-corrected chi connectivity index (χ3v) is 2.94. The van der Waals surface area contributed by atoms with Crippen LogP contribution in [-0.2, 0) is 4.79 Å². The number of hydrogen-bond donors (Lipinski definition) is 1. The quantitative estimate of drug-likeness (QED) is 0.896. The molecule has 4 nitrogen and oxygen atoms in total. The number of aryl methyl sites for hydroxylation is 2. The standard InChI is InChI=1S/C13H16FNO3/c1-7-5-10(6-8(2)11(7)14)12(16)15(4)9(3)13(17)18/h5-6,9H,1-4H3,(H,17,18). The average molecular weight is 253 g/mol. The third-order valence-electron chi connectivity index (χ3n) is 2.94. The van der Waals surface area contributed by atoms with E-state index < -0.39 is 17.9 Å². The maximum Gasteiger partial charge on any atom is 0.326 e. The number of amides is 1. The highest BCUT2D eigenvalue weighted by Gasteiger charge is 2.23. The van der Waals surface area contributed by atoms with Gasteiger partial charge in [0, 0.05) is 12.6 Å². The van der Waals surface area contributed by atoms with Gasteiger partial charge in [0.1, 0.15) is 11.9 Å². The Hall–Kier alpha value is -1.91. The van der Waals surface area contributed by atoms with Gasteiger partial charge in [-0.15, -0.1) is 0 Å². The zero-order valence-electron chi connectivity index (χ0n) is 10.8. The van der Waals surface area contributed by atoms with Crippen molar-refractivity contribution < 1.29 is 19.1 Å². The van der Waals surface area contributed by atoms with Crippen LogP contribution in [0.15, 0.2) is 12.1 Å². The van der Waals surface area contributed by atoms with Crippen LogP contribution in [0.4, 0.5) is 4.39 Å².